The van der Waals surface area contributed by atoms with Gasteiger partial charge >= 0.3 is 17.9 Å². The summed E-state index contributed by atoms with van der Waals surface area (Å²) < 4.78 is 14.6. The normalized spacial score (nSPS) is 15.3. The third-order valence-electron chi connectivity index (χ3n) is 4.14. The van der Waals surface area contributed by atoms with E-state index < -0.39 is 24.0 Å². The van der Waals surface area contributed by atoms with Crippen molar-refractivity contribution in [3.8, 4) is 0 Å². The first kappa shape index (κ1) is 25.3. The molecular weight excluding hydrogens is 356 g/mol. The Morgan fingerprint density at radius 1 is 1.07 bits per heavy atom. The van der Waals surface area contributed by atoms with Gasteiger partial charge in [-0.05, 0) is 38.5 Å². The Labute approximate surface area is 161 Å². The molecule has 0 saturated carbocycles. The molecular formula is C19H32O8. The second-order valence-corrected chi connectivity index (χ2v) is 6.54. The van der Waals surface area contributed by atoms with Crippen molar-refractivity contribution < 1.29 is 38.8 Å². The molecule has 0 spiro atoms. The van der Waals surface area contributed by atoms with E-state index in [-0.39, 0.29) is 44.0 Å². The molecule has 156 valence electrons. The molecule has 0 rings (SSSR count). The number of ether oxygens (including phenoxy) is 3. The van der Waals surface area contributed by atoms with Crippen LogP contribution in [-0.4, -0.2) is 61.2 Å². The molecule has 0 amide bonds. The van der Waals surface area contributed by atoms with Crippen molar-refractivity contribution in [1.29, 1.82) is 0 Å². The number of aliphatic hydroxyl groups is 2. The highest BCUT2D eigenvalue weighted by Crippen LogP contribution is 2.18. The van der Waals surface area contributed by atoms with Gasteiger partial charge in [0.15, 0.2) is 0 Å². The first-order valence-electron chi connectivity index (χ1n) is 9.19. The van der Waals surface area contributed by atoms with E-state index in [0.29, 0.717) is 25.7 Å². The van der Waals surface area contributed by atoms with E-state index in [2.05, 4.69) is 4.74 Å². The van der Waals surface area contributed by atoms with Gasteiger partial charge in [-0.15, -0.1) is 0 Å². The van der Waals surface area contributed by atoms with Crippen molar-refractivity contribution in [2.75, 3.05) is 26.9 Å². The SMILES string of the molecule is [CH]C(CCO)CCC(=O)OCC(O)COC(=O)C(C)CC(CC)C(=O)OC. The average Bonchev–Trinajstić information content (AvgIpc) is 2.66. The largest absolute Gasteiger partial charge is 0.469 e. The van der Waals surface area contributed by atoms with E-state index in [9.17, 15) is 19.5 Å². The molecule has 8 heteroatoms. The predicted molar refractivity (Wildman–Crippen MR) is 96.2 cm³/mol. The number of hydrogen-bond donors (Lipinski definition) is 2. The molecule has 2 radical (unpaired) electrons. The monoisotopic (exact) mass is 388 g/mol. The van der Waals surface area contributed by atoms with Gasteiger partial charge in [0.1, 0.15) is 19.3 Å². The van der Waals surface area contributed by atoms with E-state index >= 15 is 0 Å². The molecule has 0 bridgehead atoms. The molecule has 0 fully saturated rings. The van der Waals surface area contributed by atoms with Crippen LogP contribution in [0.15, 0.2) is 0 Å². The van der Waals surface area contributed by atoms with Crippen LogP contribution in [0.4, 0.5) is 0 Å². The van der Waals surface area contributed by atoms with Gasteiger partial charge in [0, 0.05) is 13.0 Å². The van der Waals surface area contributed by atoms with Crippen molar-refractivity contribution in [1.82, 2.24) is 0 Å². The number of methoxy groups -OCH3 is 1. The summed E-state index contributed by atoms with van der Waals surface area (Å²) in [4.78, 5) is 35.1. The molecule has 27 heavy (non-hydrogen) atoms. The van der Waals surface area contributed by atoms with Crippen LogP contribution in [0.1, 0.15) is 46.0 Å². The summed E-state index contributed by atoms with van der Waals surface area (Å²) >= 11 is 0. The number of hydrogen-bond acceptors (Lipinski definition) is 8. The van der Waals surface area contributed by atoms with Crippen LogP contribution in [0, 0.1) is 24.7 Å². The first-order valence-corrected chi connectivity index (χ1v) is 9.19. The summed E-state index contributed by atoms with van der Waals surface area (Å²) in [6, 6.07) is 0. The number of carbonyl (C=O) groups excluding carboxylic acids is 3. The van der Waals surface area contributed by atoms with Crippen LogP contribution in [0.25, 0.3) is 0 Å². The molecule has 0 aliphatic rings. The van der Waals surface area contributed by atoms with E-state index in [1.807, 2.05) is 6.92 Å². The Bertz CT molecular complexity index is 451. The molecule has 0 aromatic carbocycles. The molecule has 0 aliphatic heterocycles. The molecule has 4 atom stereocenters. The molecule has 8 nitrogen and oxygen atoms in total. The highest BCUT2D eigenvalue weighted by molar-refractivity contribution is 5.75. The van der Waals surface area contributed by atoms with Crippen LogP contribution >= 0.6 is 0 Å². The number of rotatable bonds is 14. The molecule has 0 saturated heterocycles. The van der Waals surface area contributed by atoms with Crippen molar-refractivity contribution in [3.05, 3.63) is 6.92 Å². The summed E-state index contributed by atoms with van der Waals surface area (Å²) in [6.07, 6.45) is 0.557. The smallest absolute Gasteiger partial charge is 0.308 e. The topological polar surface area (TPSA) is 119 Å². The van der Waals surface area contributed by atoms with Gasteiger partial charge in [-0.1, -0.05) is 13.8 Å². The van der Waals surface area contributed by atoms with E-state index in [0.717, 1.165) is 0 Å². The quantitative estimate of drug-likeness (QED) is 0.336. The van der Waals surface area contributed by atoms with Crippen molar-refractivity contribution in [2.45, 2.75) is 52.1 Å². The Hall–Kier alpha value is -1.67. The molecule has 2 N–H and O–H groups in total. The second-order valence-electron chi connectivity index (χ2n) is 6.54. The second kappa shape index (κ2) is 14.4. The minimum absolute atomic E-state index is 0.0443. The standard InChI is InChI=1S/C19H32O8/c1-5-15(19(24)25-4)10-14(3)18(23)27-12-16(21)11-26-17(22)7-6-13(2)8-9-20/h2,13-16,20-21H,5-12H2,1,3-4H3. The summed E-state index contributed by atoms with van der Waals surface area (Å²) in [5, 5.41) is 18.5. The maximum Gasteiger partial charge on any atom is 0.308 e. The first-order chi connectivity index (χ1) is 12.7. The zero-order chi connectivity index (χ0) is 20.8. The maximum atomic E-state index is 12.0. The number of carbonyl (C=O) groups is 3. The van der Waals surface area contributed by atoms with E-state index in [1.165, 1.54) is 7.11 Å². The van der Waals surface area contributed by atoms with Gasteiger partial charge in [0.05, 0.1) is 18.9 Å². The number of esters is 3. The average molecular weight is 388 g/mol. The molecule has 0 aliphatic carbocycles. The Morgan fingerprint density at radius 2 is 1.70 bits per heavy atom. The van der Waals surface area contributed by atoms with Crippen LogP contribution < -0.4 is 0 Å². The Balaban J connectivity index is 4.08. The van der Waals surface area contributed by atoms with Crippen LogP contribution in [0.5, 0.6) is 0 Å². The fourth-order valence-electron chi connectivity index (χ4n) is 2.36. The highest BCUT2D eigenvalue weighted by atomic mass is 16.6. The van der Waals surface area contributed by atoms with Crippen LogP contribution in [-0.2, 0) is 28.6 Å². The lowest BCUT2D eigenvalue weighted by Gasteiger charge is -2.18. The Morgan fingerprint density at radius 3 is 2.26 bits per heavy atom. The minimum atomic E-state index is -1.14. The molecule has 0 heterocycles. The third-order valence-corrected chi connectivity index (χ3v) is 4.14. The summed E-state index contributed by atoms with van der Waals surface area (Å²) in [5.41, 5.74) is 0. The van der Waals surface area contributed by atoms with Gasteiger partial charge < -0.3 is 24.4 Å². The summed E-state index contributed by atoms with van der Waals surface area (Å²) in [7, 11) is 1.30. The summed E-state index contributed by atoms with van der Waals surface area (Å²) in [6.45, 7) is 8.48. The van der Waals surface area contributed by atoms with Gasteiger partial charge in [-0.2, -0.15) is 0 Å². The Kier molecular flexibility index (Phi) is 13.5. The molecule has 0 aromatic rings. The van der Waals surface area contributed by atoms with Crippen LogP contribution in [0.3, 0.4) is 0 Å². The van der Waals surface area contributed by atoms with Gasteiger partial charge in [0.2, 0.25) is 0 Å². The van der Waals surface area contributed by atoms with Gasteiger partial charge in [0.25, 0.3) is 0 Å². The van der Waals surface area contributed by atoms with Crippen molar-refractivity contribution in [3.63, 3.8) is 0 Å². The minimum Gasteiger partial charge on any atom is -0.469 e. The highest BCUT2D eigenvalue weighted by Gasteiger charge is 2.25. The van der Waals surface area contributed by atoms with Gasteiger partial charge in [-0.25, -0.2) is 0 Å². The van der Waals surface area contributed by atoms with E-state index in [4.69, 9.17) is 21.5 Å². The van der Waals surface area contributed by atoms with Crippen molar-refractivity contribution >= 4 is 17.9 Å². The van der Waals surface area contributed by atoms with Gasteiger partial charge in [-0.3, -0.25) is 14.4 Å². The molecule has 0 aromatic heterocycles. The van der Waals surface area contributed by atoms with Crippen LogP contribution in [0.2, 0.25) is 0 Å². The lowest BCUT2D eigenvalue weighted by Crippen LogP contribution is -2.28. The lowest BCUT2D eigenvalue weighted by atomic mass is 9.94. The zero-order valence-electron chi connectivity index (χ0n) is 16.4. The molecule has 4 unspecified atom stereocenters. The zero-order valence-corrected chi connectivity index (χ0v) is 16.4. The number of aliphatic hydroxyl groups excluding tert-OH is 2. The maximum absolute atomic E-state index is 12.0. The van der Waals surface area contributed by atoms with Crippen molar-refractivity contribution in [2.24, 2.45) is 17.8 Å². The fraction of sp³-hybridized carbons (Fsp3) is 0.789. The fourth-order valence-corrected chi connectivity index (χ4v) is 2.36. The van der Waals surface area contributed by atoms with E-state index in [1.54, 1.807) is 6.92 Å². The predicted octanol–water partition coefficient (Wildman–Crippen LogP) is 1.15. The third kappa shape index (κ3) is 11.6. The summed E-state index contributed by atoms with van der Waals surface area (Å²) in [5.74, 6) is -2.64. The lowest BCUT2D eigenvalue weighted by molar-refractivity contribution is -0.156.